The second kappa shape index (κ2) is 7.02. The molecule has 0 aliphatic rings. The van der Waals surface area contributed by atoms with Gasteiger partial charge in [0.25, 0.3) is 0 Å². The van der Waals surface area contributed by atoms with E-state index in [4.69, 9.17) is 0 Å². The summed E-state index contributed by atoms with van der Waals surface area (Å²) in [6.07, 6.45) is 5.30. The summed E-state index contributed by atoms with van der Waals surface area (Å²) in [7, 11) is 0. The maximum atomic E-state index is 3.39. The summed E-state index contributed by atoms with van der Waals surface area (Å²) in [6.45, 7) is 8.78. The number of hydrogen-bond acceptors (Lipinski definition) is 2. The van der Waals surface area contributed by atoms with Gasteiger partial charge in [-0.05, 0) is 42.8 Å². The van der Waals surface area contributed by atoms with Crippen molar-refractivity contribution >= 4 is 11.3 Å². The van der Waals surface area contributed by atoms with Crippen LogP contribution < -0.4 is 5.32 Å². The van der Waals surface area contributed by atoms with Crippen molar-refractivity contribution in [3.8, 4) is 0 Å². The molecule has 15 heavy (non-hydrogen) atoms. The lowest BCUT2D eigenvalue weighted by Crippen LogP contribution is -2.11. The molecule has 0 saturated heterocycles. The van der Waals surface area contributed by atoms with Gasteiger partial charge in [0.1, 0.15) is 0 Å². The van der Waals surface area contributed by atoms with E-state index in [0.29, 0.717) is 0 Å². The highest BCUT2D eigenvalue weighted by Crippen LogP contribution is 2.23. The first-order valence-electron chi connectivity index (χ1n) is 6.06. The Morgan fingerprint density at radius 1 is 1.27 bits per heavy atom. The van der Waals surface area contributed by atoms with Crippen LogP contribution >= 0.6 is 11.3 Å². The van der Waals surface area contributed by atoms with Crippen LogP contribution in [0, 0.1) is 6.92 Å². The van der Waals surface area contributed by atoms with Crippen LogP contribution in [0.25, 0.3) is 0 Å². The van der Waals surface area contributed by atoms with Gasteiger partial charge in [-0.2, -0.15) is 0 Å². The van der Waals surface area contributed by atoms with Gasteiger partial charge in [0.05, 0.1) is 0 Å². The van der Waals surface area contributed by atoms with Crippen molar-refractivity contribution in [2.24, 2.45) is 0 Å². The van der Waals surface area contributed by atoms with Gasteiger partial charge in [-0.25, -0.2) is 0 Å². The molecule has 0 amide bonds. The third-order valence-electron chi connectivity index (χ3n) is 2.82. The lowest BCUT2D eigenvalue weighted by Gasteiger charge is -2.02. The van der Waals surface area contributed by atoms with E-state index in [1.165, 1.54) is 36.8 Å². The van der Waals surface area contributed by atoms with E-state index in [0.717, 1.165) is 13.1 Å². The van der Waals surface area contributed by atoms with E-state index in [2.05, 4.69) is 31.5 Å². The first-order chi connectivity index (χ1) is 7.29. The Labute approximate surface area is 97.9 Å². The van der Waals surface area contributed by atoms with Crippen molar-refractivity contribution < 1.29 is 0 Å². The molecule has 0 saturated carbocycles. The van der Waals surface area contributed by atoms with E-state index in [1.54, 1.807) is 4.88 Å². The molecule has 0 atom stereocenters. The summed E-state index contributed by atoms with van der Waals surface area (Å²) in [4.78, 5) is 1.59. The number of aryl methyl sites for hydroxylation is 1. The van der Waals surface area contributed by atoms with E-state index in [-0.39, 0.29) is 0 Å². The molecule has 1 rings (SSSR count). The Morgan fingerprint density at radius 2 is 2.07 bits per heavy atom. The SMILES string of the molecule is CCCCCc1scc(CNCC)c1C. The van der Waals surface area contributed by atoms with Crippen LogP contribution in [-0.2, 0) is 13.0 Å². The minimum Gasteiger partial charge on any atom is -0.313 e. The topological polar surface area (TPSA) is 12.0 Å². The van der Waals surface area contributed by atoms with Crippen LogP contribution in [0.2, 0.25) is 0 Å². The summed E-state index contributed by atoms with van der Waals surface area (Å²) >= 11 is 1.94. The molecule has 0 bridgehead atoms. The summed E-state index contributed by atoms with van der Waals surface area (Å²) in [5.41, 5.74) is 3.02. The molecule has 0 aliphatic heterocycles. The van der Waals surface area contributed by atoms with Gasteiger partial charge in [0.15, 0.2) is 0 Å². The highest BCUT2D eigenvalue weighted by Gasteiger charge is 2.06. The molecule has 0 aliphatic carbocycles. The van der Waals surface area contributed by atoms with Crippen LogP contribution in [0.4, 0.5) is 0 Å². The van der Waals surface area contributed by atoms with Gasteiger partial charge in [0.2, 0.25) is 0 Å². The first kappa shape index (κ1) is 12.7. The summed E-state index contributed by atoms with van der Waals surface area (Å²) in [5, 5.41) is 5.71. The molecular formula is C13H23NS. The van der Waals surface area contributed by atoms with Gasteiger partial charge in [0, 0.05) is 11.4 Å². The molecule has 0 fully saturated rings. The van der Waals surface area contributed by atoms with Crippen molar-refractivity contribution in [1.82, 2.24) is 5.32 Å². The fourth-order valence-electron chi connectivity index (χ4n) is 1.71. The Hall–Kier alpha value is -0.340. The predicted octanol–water partition coefficient (Wildman–Crippen LogP) is 3.90. The third kappa shape index (κ3) is 3.96. The van der Waals surface area contributed by atoms with Crippen molar-refractivity contribution in [3.63, 3.8) is 0 Å². The van der Waals surface area contributed by atoms with E-state index < -0.39 is 0 Å². The molecule has 1 aromatic rings. The molecule has 0 aromatic carbocycles. The second-order valence-electron chi connectivity index (χ2n) is 4.05. The lowest BCUT2D eigenvalue weighted by molar-refractivity contribution is 0.713. The van der Waals surface area contributed by atoms with Crippen molar-refractivity contribution in [1.29, 1.82) is 0 Å². The van der Waals surface area contributed by atoms with Gasteiger partial charge >= 0.3 is 0 Å². The molecule has 0 radical (unpaired) electrons. The minimum absolute atomic E-state index is 1.03. The zero-order valence-electron chi connectivity index (χ0n) is 10.2. The standard InChI is InChI=1S/C13H23NS/c1-4-6-7-8-13-11(3)12(10-15-13)9-14-5-2/h10,14H,4-9H2,1-3H3. The second-order valence-corrected chi connectivity index (χ2v) is 5.01. The highest BCUT2D eigenvalue weighted by molar-refractivity contribution is 7.10. The number of hydrogen-bond donors (Lipinski definition) is 1. The predicted molar refractivity (Wildman–Crippen MR) is 69.7 cm³/mol. The molecule has 0 unspecified atom stereocenters. The first-order valence-corrected chi connectivity index (χ1v) is 6.94. The van der Waals surface area contributed by atoms with E-state index in [1.807, 2.05) is 11.3 Å². The number of unbranched alkanes of at least 4 members (excludes halogenated alkanes) is 2. The maximum Gasteiger partial charge on any atom is 0.0216 e. The number of nitrogens with one attached hydrogen (secondary N) is 1. The Kier molecular flexibility index (Phi) is 5.96. The zero-order chi connectivity index (χ0) is 11.1. The Morgan fingerprint density at radius 3 is 2.73 bits per heavy atom. The quantitative estimate of drug-likeness (QED) is 0.694. The number of thiophene rings is 1. The number of rotatable bonds is 7. The zero-order valence-corrected chi connectivity index (χ0v) is 11.0. The van der Waals surface area contributed by atoms with Gasteiger partial charge in [-0.3, -0.25) is 0 Å². The average Bonchev–Trinajstić information content (AvgIpc) is 2.58. The molecule has 1 N–H and O–H groups in total. The molecule has 0 spiro atoms. The van der Waals surface area contributed by atoms with Crippen LogP contribution in [0.1, 0.15) is 49.1 Å². The molecule has 1 heterocycles. The molecule has 1 aromatic heterocycles. The summed E-state index contributed by atoms with van der Waals surface area (Å²) < 4.78 is 0. The fourth-order valence-corrected chi connectivity index (χ4v) is 2.83. The maximum absolute atomic E-state index is 3.39. The molecule has 1 nitrogen and oxygen atoms in total. The van der Waals surface area contributed by atoms with Crippen LogP contribution in [-0.4, -0.2) is 6.54 Å². The molecule has 2 heteroatoms. The van der Waals surface area contributed by atoms with E-state index >= 15 is 0 Å². The van der Waals surface area contributed by atoms with Crippen molar-refractivity contribution in [3.05, 3.63) is 21.4 Å². The van der Waals surface area contributed by atoms with Crippen molar-refractivity contribution in [2.75, 3.05) is 6.54 Å². The molecule has 86 valence electrons. The molecular weight excluding hydrogens is 202 g/mol. The summed E-state index contributed by atoms with van der Waals surface area (Å²) in [6, 6.07) is 0. The van der Waals surface area contributed by atoms with Crippen molar-refractivity contribution in [2.45, 2.75) is 53.0 Å². The monoisotopic (exact) mass is 225 g/mol. The fraction of sp³-hybridized carbons (Fsp3) is 0.692. The largest absolute Gasteiger partial charge is 0.313 e. The highest BCUT2D eigenvalue weighted by atomic mass is 32.1. The van der Waals surface area contributed by atoms with Crippen LogP contribution in [0.15, 0.2) is 5.38 Å². The minimum atomic E-state index is 1.03. The smallest absolute Gasteiger partial charge is 0.0216 e. The average molecular weight is 225 g/mol. The summed E-state index contributed by atoms with van der Waals surface area (Å²) in [5.74, 6) is 0. The Balaban J connectivity index is 2.47. The van der Waals surface area contributed by atoms with Gasteiger partial charge in [-0.1, -0.05) is 26.7 Å². The normalized spacial score (nSPS) is 10.9. The van der Waals surface area contributed by atoms with E-state index in [9.17, 15) is 0 Å². The van der Waals surface area contributed by atoms with Gasteiger partial charge in [-0.15, -0.1) is 11.3 Å². The van der Waals surface area contributed by atoms with Crippen LogP contribution in [0.5, 0.6) is 0 Å². The Bertz CT molecular complexity index is 278. The van der Waals surface area contributed by atoms with Crippen LogP contribution in [0.3, 0.4) is 0 Å². The third-order valence-corrected chi connectivity index (χ3v) is 4.01. The lowest BCUT2D eigenvalue weighted by atomic mass is 10.1. The van der Waals surface area contributed by atoms with Gasteiger partial charge < -0.3 is 5.32 Å².